The molecule has 134 valence electrons. The summed E-state index contributed by atoms with van der Waals surface area (Å²) in [5.41, 5.74) is 3.00. The number of benzene rings is 2. The maximum absolute atomic E-state index is 11.4. The highest BCUT2D eigenvalue weighted by molar-refractivity contribution is 9.10. The van der Waals surface area contributed by atoms with Crippen LogP contribution in [0, 0.1) is 6.92 Å². The fourth-order valence-electron chi connectivity index (χ4n) is 2.85. The Balaban J connectivity index is 2.04. The van der Waals surface area contributed by atoms with Crippen LogP contribution in [0.4, 0.5) is 4.79 Å². The first kappa shape index (κ1) is 18.5. The van der Waals surface area contributed by atoms with Gasteiger partial charge in [-0.15, -0.1) is 0 Å². The van der Waals surface area contributed by atoms with E-state index in [2.05, 4.69) is 26.4 Å². The summed E-state index contributed by atoms with van der Waals surface area (Å²) in [7, 11) is 0. The highest BCUT2D eigenvalue weighted by atomic mass is 79.9. The molecule has 5 nitrogen and oxygen atoms in total. The fourth-order valence-corrected chi connectivity index (χ4v) is 3.33. The van der Waals surface area contributed by atoms with Gasteiger partial charge in [0.15, 0.2) is 5.76 Å². The van der Waals surface area contributed by atoms with Crippen LogP contribution >= 0.6 is 27.5 Å². The molecule has 1 heterocycles. The number of aromatic nitrogens is 1. The maximum atomic E-state index is 11.4. The molecule has 0 fully saturated rings. The lowest BCUT2D eigenvalue weighted by molar-refractivity contribution is 0.190. The summed E-state index contributed by atoms with van der Waals surface area (Å²) in [6, 6.07) is 14.4. The molecule has 1 aromatic heterocycles. The van der Waals surface area contributed by atoms with Crippen LogP contribution in [0.15, 0.2) is 57.5 Å². The van der Waals surface area contributed by atoms with Crippen molar-refractivity contribution in [1.82, 2.24) is 10.5 Å². The van der Waals surface area contributed by atoms with Crippen LogP contribution in [0.1, 0.15) is 22.9 Å². The predicted molar refractivity (Wildman–Crippen MR) is 103 cm³/mol. The van der Waals surface area contributed by atoms with Crippen molar-refractivity contribution in [2.24, 2.45) is 0 Å². The Kier molecular flexibility index (Phi) is 5.64. The average molecular weight is 436 g/mol. The number of aryl methyl sites for hydroxylation is 1. The smallest absolute Gasteiger partial charge is 0.405 e. The molecule has 2 aromatic carbocycles. The Bertz CT molecular complexity index is 925. The molecule has 0 radical (unpaired) electrons. The number of halogens is 2. The number of carbonyl (C=O) groups is 1. The largest absolute Gasteiger partial charge is 0.465 e. The Morgan fingerprint density at radius 3 is 2.62 bits per heavy atom. The lowest BCUT2D eigenvalue weighted by atomic mass is 9.95. The van der Waals surface area contributed by atoms with E-state index < -0.39 is 12.1 Å². The molecule has 0 spiro atoms. The minimum atomic E-state index is -1.12. The van der Waals surface area contributed by atoms with Crippen molar-refractivity contribution in [2.45, 2.75) is 19.4 Å². The number of amides is 1. The number of nitrogens with zero attached hydrogens (tertiary/aromatic N) is 1. The SMILES string of the molecule is Cc1noc(-c2ccc(Br)cc2)c1[C@H](Cc1ccccc1Cl)NC(=O)O. The summed E-state index contributed by atoms with van der Waals surface area (Å²) in [6.45, 7) is 1.80. The number of hydrogen-bond donors (Lipinski definition) is 2. The summed E-state index contributed by atoms with van der Waals surface area (Å²) in [6.07, 6.45) is -0.734. The molecular formula is C19H16BrClN2O3. The minimum absolute atomic E-state index is 0.386. The van der Waals surface area contributed by atoms with Crippen LogP contribution < -0.4 is 5.32 Å². The summed E-state index contributed by atoms with van der Waals surface area (Å²) < 4.78 is 6.46. The molecule has 3 aromatic rings. The average Bonchev–Trinajstić information content (AvgIpc) is 2.98. The van der Waals surface area contributed by atoms with Crippen LogP contribution in [0.2, 0.25) is 5.02 Å². The van der Waals surface area contributed by atoms with Gasteiger partial charge < -0.3 is 14.9 Å². The zero-order chi connectivity index (χ0) is 18.7. The van der Waals surface area contributed by atoms with E-state index in [-0.39, 0.29) is 0 Å². The van der Waals surface area contributed by atoms with Crippen LogP contribution in [-0.2, 0) is 6.42 Å². The molecule has 0 aliphatic rings. The van der Waals surface area contributed by atoms with E-state index in [1.807, 2.05) is 42.5 Å². The monoisotopic (exact) mass is 434 g/mol. The number of nitrogens with one attached hydrogen (secondary N) is 1. The van der Waals surface area contributed by atoms with E-state index in [9.17, 15) is 9.90 Å². The summed E-state index contributed by atoms with van der Waals surface area (Å²) >= 11 is 9.67. The van der Waals surface area contributed by atoms with Gasteiger partial charge in [-0.3, -0.25) is 0 Å². The van der Waals surface area contributed by atoms with E-state index in [1.165, 1.54) is 0 Å². The van der Waals surface area contributed by atoms with Gasteiger partial charge in [-0.25, -0.2) is 4.79 Å². The molecule has 3 rings (SSSR count). The normalized spacial score (nSPS) is 12.0. The molecule has 2 N–H and O–H groups in total. The molecule has 0 saturated carbocycles. The van der Waals surface area contributed by atoms with Gasteiger partial charge >= 0.3 is 6.09 Å². The van der Waals surface area contributed by atoms with Crippen molar-refractivity contribution in [2.75, 3.05) is 0 Å². The third-order valence-corrected chi connectivity index (χ3v) is 4.94. The van der Waals surface area contributed by atoms with Crippen molar-refractivity contribution in [3.63, 3.8) is 0 Å². The Morgan fingerprint density at radius 1 is 1.27 bits per heavy atom. The molecule has 1 amide bonds. The first-order valence-corrected chi connectivity index (χ1v) is 9.07. The number of carboxylic acid groups (broad SMARTS) is 1. The van der Waals surface area contributed by atoms with Crippen molar-refractivity contribution in [3.05, 3.63) is 74.8 Å². The van der Waals surface area contributed by atoms with E-state index in [0.717, 1.165) is 15.6 Å². The van der Waals surface area contributed by atoms with Crippen LogP contribution in [0.5, 0.6) is 0 Å². The van der Waals surface area contributed by atoms with Gasteiger partial charge in [0.1, 0.15) is 0 Å². The quantitative estimate of drug-likeness (QED) is 0.545. The van der Waals surface area contributed by atoms with Gasteiger partial charge in [0.25, 0.3) is 0 Å². The highest BCUT2D eigenvalue weighted by Crippen LogP contribution is 2.34. The van der Waals surface area contributed by atoms with E-state index >= 15 is 0 Å². The predicted octanol–water partition coefficient (Wildman–Crippen LogP) is 5.62. The summed E-state index contributed by atoms with van der Waals surface area (Å²) in [5, 5.41) is 16.5. The van der Waals surface area contributed by atoms with Gasteiger partial charge in [-0.2, -0.15) is 0 Å². The van der Waals surface area contributed by atoms with Gasteiger partial charge in [0.2, 0.25) is 0 Å². The fraction of sp³-hybridized carbons (Fsp3) is 0.158. The summed E-state index contributed by atoms with van der Waals surface area (Å²) in [5.74, 6) is 0.542. The second-order valence-electron chi connectivity index (χ2n) is 5.82. The lowest BCUT2D eigenvalue weighted by Gasteiger charge is -2.18. The van der Waals surface area contributed by atoms with Crippen molar-refractivity contribution in [1.29, 1.82) is 0 Å². The number of hydrogen-bond acceptors (Lipinski definition) is 3. The topological polar surface area (TPSA) is 75.4 Å². The van der Waals surface area contributed by atoms with E-state index in [4.69, 9.17) is 16.1 Å². The third-order valence-electron chi connectivity index (χ3n) is 4.04. The summed E-state index contributed by atoms with van der Waals surface area (Å²) in [4.78, 5) is 11.4. The number of rotatable bonds is 5. The standard InChI is InChI=1S/C19H16BrClN2O3/c1-11-17(18(26-23-11)12-6-8-14(20)9-7-12)16(22-19(24)25)10-13-4-2-3-5-15(13)21/h2-9,16,22H,10H2,1H3,(H,24,25)/t16-/m0/s1. The molecule has 26 heavy (non-hydrogen) atoms. The van der Waals surface area contributed by atoms with Crippen LogP contribution in [-0.4, -0.2) is 16.4 Å². The maximum Gasteiger partial charge on any atom is 0.405 e. The molecule has 0 saturated heterocycles. The molecule has 1 atom stereocenters. The molecule has 7 heteroatoms. The first-order chi connectivity index (χ1) is 12.5. The van der Waals surface area contributed by atoms with Crippen molar-refractivity contribution in [3.8, 4) is 11.3 Å². The Labute approximate surface area is 164 Å². The molecule has 0 unspecified atom stereocenters. The minimum Gasteiger partial charge on any atom is -0.465 e. The Hall–Kier alpha value is -2.31. The second kappa shape index (κ2) is 7.93. The van der Waals surface area contributed by atoms with Gasteiger partial charge in [0, 0.05) is 20.6 Å². The van der Waals surface area contributed by atoms with E-state index in [1.54, 1.807) is 13.0 Å². The van der Waals surface area contributed by atoms with Gasteiger partial charge in [-0.05, 0) is 37.1 Å². The Morgan fingerprint density at radius 2 is 1.96 bits per heavy atom. The van der Waals surface area contributed by atoms with E-state index in [0.29, 0.717) is 28.5 Å². The molecular weight excluding hydrogens is 420 g/mol. The van der Waals surface area contributed by atoms with Crippen molar-refractivity contribution >= 4 is 33.6 Å². The molecule has 0 bridgehead atoms. The lowest BCUT2D eigenvalue weighted by Crippen LogP contribution is -2.29. The van der Waals surface area contributed by atoms with Crippen molar-refractivity contribution < 1.29 is 14.4 Å². The van der Waals surface area contributed by atoms with Gasteiger partial charge in [-0.1, -0.05) is 63.0 Å². The molecule has 0 aliphatic heterocycles. The first-order valence-electron chi connectivity index (χ1n) is 7.90. The molecule has 0 aliphatic carbocycles. The third kappa shape index (κ3) is 4.08. The zero-order valence-electron chi connectivity index (χ0n) is 13.9. The highest BCUT2D eigenvalue weighted by Gasteiger charge is 2.26. The second-order valence-corrected chi connectivity index (χ2v) is 7.14. The zero-order valence-corrected chi connectivity index (χ0v) is 16.2. The van der Waals surface area contributed by atoms with Crippen LogP contribution in [0.25, 0.3) is 11.3 Å². The van der Waals surface area contributed by atoms with Crippen LogP contribution in [0.3, 0.4) is 0 Å². The van der Waals surface area contributed by atoms with Gasteiger partial charge in [0.05, 0.1) is 11.7 Å².